The fourth-order valence-electron chi connectivity index (χ4n) is 4.44. The van der Waals surface area contributed by atoms with Gasteiger partial charge in [-0.15, -0.1) is 11.3 Å². The Morgan fingerprint density at radius 2 is 1.86 bits per heavy atom. The van der Waals surface area contributed by atoms with Crippen LogP contribution in [0, 0.1) is 0 Å². The molecule has 0 atom stereocenters. The first-order chi connectivity index (χ1) is 14.0. The van der Waals surface area contributed by atoms with Crippen LogP contribution in [0.1, 0.15) is 31.9 Å². The number of rotatable bonds is 1. The van der Waals surface area contributed by atoms with E-state index in [1.54, 1.807) is 0 Å². The number of hydrogen-bond donors (Lipinski definition) is 0. The molecule has 0 unspecified atom stereocenters. The van der Waals surface area contributed by atoms with Gasteiger partial charge >= 0.3 is 0 Å². The van der Waals surface area contributed by atoms with Crippen molar-refractivity contribution < 1.29 is 9.15 Å². The highest BCUT2D eigenvalue weighted by molar-refractivity contribution is 7.17. The maximum atomic E-state index is 6.19. The van der Waals surface area contributed by atoms with Crippen LogP contribution in [0.2, 0.25) is 0 Å². The van der Waals surface area contributed by atoms with Gasteiger partial charge in [-0.25, -0.2) is 0 Å². The molecule has 0 N–H and O–H groups in total. The van der Waals surface area contributed by atoms with E-state index in [9.17, 15) is 0 Å². The van der Waals surface area contributed by atoms with Crippen LogP contribution in [-0.2, 0) is 11.8 Å². The van der Waals surface area contributed by atoms with Crippen LogP contribution in [0.3, 0.4) is 0 Å². The molecule has 0 saturated carbocycles. The highest BCUT2D eigenvalue weighted by Crippen LogP contribution is 2.45. The second-order valence-corrected chi connectivity index (χ2v) is 9.69. The van der Waals surface area contributed by atoms with Gasteiger partial charge in [0.05, 0.1) is 23.1 Å². The molecular formula is C25H21NO2S. The normalized spacial score (nSPS) is 14.0. The number of furan rings is 1. The van der Waals surface area contributed by atoms with E-state index in [4.69, 9.17) is 14.1 Å². The first-order valence-corrected chi connectivity index (χ1v) is 10.9. The summed E-state index contributed by atoms with van der Waals surface area (Å²) in [5.74, 6) is 0.961. The molecule has 0 radical (unpaired) electrons. The van der Waals surface area contributed by atoms with Gasteiger partial charge in [0.15, 0.2) is 0 Å². The summed E-state index contributed by atoms with van der Waals surface area (Å²) in [4.78, 5) is 4.83. The van der Waals surface area contributed by atoms with Crippen LogP contribution < -0.4 is 4.74 Å². The van der Waals surface area contributed by atoms with Gasteiger partial charge in [-0.2, -0.15) is 0 Å². The zero-order valence-corrected chi connectivity index (χ0v) is 17.5. The monoisotopic (exact) mass is 399 g/mol. The van der Waals surface area contributed by atoms with E-state index in [0.29, 0.717) is 0 Å². The van der Waals surface area contributed by atoms with E-state index >= 15 is 0 Å². The summed E-state index contributed by atoms with van der Waals surface area (Å²) >= 11 is 1.81. The van der Waals surface area contributed by atoms with E-state index in [1.807, 2.05) is 23.6 Å². The average molecular weight is 400 g/mol. The fraction of sp³-hybridized carbons (Fsp3) is 0.240. The Kier molecular flexibility index (Phi) is 3.43. The van der Waals surface area contributed by atoms with Crippen molar-refractivity contribution in [3.8, 4) is 17.0 Å². The van der Waals surface area contributed by atoms with Crippen LogP contribution in [-0.4, -0.2) is 11.6 Å². The number of thiophene rings is 1. The van der Waals surface area contributed by atoms with Gasteiger partial charge < -0.3 is 9.15 Å². The second kappa shape index (κ2) is 5.83. The molecule has 0 bridgehead atoms. The highest BCUT2D eigenvalue weighted by Gasteiger charge is 2.24. The van der Waals surface area contributed by atoms with E-state index in [1.165, 1.54) is 21.2 Å². The molecule has 4 heteroatoms. The highest BCUT2D eigenvalue weighted by atomic mass is 32.1. The lowest BCUT2D eigenvalue weighted by Crippen LogP contribution is -2.11. The van der Waals surface area contributed by atoms with Crippen LogP contribution in [0.15, 0.2) is 52.4 Å². The molecule has 0 aliphatic carbocycles. The number of ether oxygens (including phenoxy) is 1. The number of pyridine rings is 1. The van der Waals surface area contributed by atoms with Gasteiger partial charge in [-0.05, 0) is 57.6 Å². The Hall–Kier alpha value is -2.85. The average Bonchev–Trinajstić information content (AvgIpc) is 3.41. The minimum atomic E-state index is 0.0514. The van der Waals surface area contributed by atoms with Crippen molar-refractivity contribution in [2.24, 2.45) is 0 Å². The molecule has 1 aliphatic heterocycles. The fourth-order valence-corrected chi connectivity index (χ4v) is 5.54. The Labute approximate surface area is 172 Å². The second-order valence-electron chi connectivity index (χ2n) is 8.77. The van der Waals surface area contributed by atoms with E-state index in [0.717, 1.165) is 52.0 Å². The molecule has 144 valence electrons. The van der Waals surface area contributed by atoms with Gasteiger partial charge in [-0.1, -0.05) is 26.8 Å². The minimum Gasteiger partial charge on any atom is -0.492 e. The van der Waals surface area contributed by atoms with Crippen molar-refractivity contribution in [3.63, 3.8) is 0 Å². The van der Waals surface area contributed by atoms with Crippen molar-refractivity contribution in [3.05, 3.63) is 59.1 Å². The van der Waals surface area contributed by atoms with Crippen molar-refractivity contribution in [1.29, 1.82) is 0 Å². The molecule has 0 saturated heterocycles. The molecule has 0 fully saturated rings. The minimum absolute atomic E-state index is 0.0514. The first kappa shape index (κ1) is 17.0. The maximum absolute atomic E-state index is 6.19. The third-order valence-corrected chi connectivity index (χ3v) is 6.80. The molecule has 3 nitrogen and oxygen atoms in total. The Morgan fingerprint density at radius 3 is 2.72 bits per heavy atom. The molecular weight excluding hydrogens is 378 g/mol. The van der Waals surface area contributed by atoms with Gasteiger partial charge in [0.2, 0.25) is 0 Å². The largest absolute Gasteiger partial charge is 0.492 e. The zero-order chi connectivity index (χ0) is 19.8. The standard InChI is InChI=1S/C25H21NO2S/c1-25(2,3)17-13-16(12-15-8-11-29-24(15)17)22-20-19(6-9-26-22)28-18-5-4-14-7-10-27-23(14)21(18)20/h4-6,8-9,11-13H,7,10H2,1-3H3. The number of aromatic nitrogens is 1. The topological polar surface area (TPSA) is 35.3 Å². The Bertz CT molecular complexity index is 1420. The SMILES string of the molecule is CC(C)(C)c1cc(-c2nccc3oc4ccc5c(c4c23)OCC5)cc2ccsc12. The summed E-state index contributed by atoms with van der Waals surface area (Å²) in [7, 11) is 0. The molecule has 4 heterocycles. The van der Waals surface area contributed by atoms with Crippen molar-refractivity contribution in [2.45, 2.75) is 32.6 Å². The third-order valence-electron chi connectivity index (χ3n) is 5.83. The predicted molar refractivity (Wildman–Crippen MR) is 120 cm³/mol. The van der Waals surface area contributed by atoms with E-state index in [-0.39, 0.29) is 5.41 Å². The lowest BCUT2D eigenvalue weighted by Gasteiger charge is -2.21. The van der Waals surface area contributed by atoms with Crippen molar-refractivity contribution >= 4 is 43.4 Å². The third kappa shape index (κ3) is 2.45. The van der Waals surface area contributed by atoms with Crippen LogP contribution in [0.25, 0.3) is 43.3 Å². The summed E-state index contributed by atoms with van der Waals surface area (Å²) < 4.78 is 13.6. The number of hydrogen-bond acceptors (Lipinski definition) is 4. The predicted octanol–water partition coefficient (Wildman–Crippen LogP) is 7.10. The van der Waals surface area contributed by atoms with E-state index in [2.05, 4.69) is 56.5 Å². The molecule has 29 heavy (non-hydrogen) atoms. The molecule has 3 aromatic heterocycles. The number of benzene rings is 2. The van der Waals surface area contributed by atoms with Crippen molar-refractivity contribution in [1.82, 2.24) is 4.98 Å². The maximum Gasteiger partial charge on any atom is 0.139 e. The summed E-state index contributed by atoms with van der Waals surface area (Å²) in [6, 6.07) is 12.9. The van der Waals surface area contributed by atoms with Crippen molar-refractivity contribution in [2.75, 3.05) is 6.61 Å². The van der Waals surface area contributed by atoms with Crippen LogP contribution in [0.4, 0.5) is 0 Å². The quantitative estimate of drug-likeness (QED) is 0.302. The lowest BCUT2D eigenvalue weighted by molar-refractivity contribution is 0.360. The molecule has 2 aromatic carbocycles. The number of nitrogens with zero attached hydrogens (tertiary/aromatic N) is 1. The summed E-state index contributed by atoms with van der Waals surface area (Å²) in [5.41, 5.74) is 6.47. The van der Waals surface area contributed by atoms with Gasteiger partial charge in [0, 0.05) is 22.9 Å². The summed E-state index contributed by atoms with van der Waals surface area (Å²) in [6.07, 6.45) is 2.79. The van der Waals surface area contributed by atoms with Gasteiger partial charge in [-0.3, -0.25) is 4.98 Å². The Balaban J connectivity index is 1.73. The van der Waals surface area contributed by atoms with Gasteiger partial charge in [0.25, 0.3) is 0 Å². The molecule has 0 amide bonds. The summed E-state index contributed by atoms with van der Waals surface area (Å²) in [5, 5.41) is 5.55. The molecule has 1 aliphatic rings. The van der Waals surface area contributed by atoms with E-state index < -0.39 is 0 Å². The smallest absolute Gasteiger partial charge is 0.139 e. The Morgan fingerprint density at radius 1 is 1.00 bits per heavy atom. The van der Waals surface area contributed by atoms with Crippen LogP contribution in [0.5, 0.6) is 5.75 Å². The first-order valence-electron chi connectivity index (χ1n) is 9.99. The summed E-state index contributed by atoms with van der Waals surface area (Å²) in [6.45, 7) is 7.54. The van der Waals surface area contributed by atoms with Gasteiger partial charge in [0.1, 0.15) is 16.9 Å². The van der Waals surface area contributed by atoms with Crippen LogP contribution >= 0.6 is 11.3 Å². The number of fused-ring (bicyclic) bond motifs is 6. The molecule has 6 rings (SSSR count). The lowest BCUT2D eigenvalue weighted by atomic mass is 9.84. The zero-order valence-electron chi connectivity index (χ0n) is 16.7. The molecule has 5 aromatic rings. The molecule has 0 spiro atoms.